The van der Waals surface area contributed by atoms with E-state index in [9.17, 15) is 27.6 Å². The Kier molecular flexibility index (Phi) is 4.11. The summed E-state index contributed by atoms with van der Waals surface area (Å²) in [6.45, 7) is 4.75. The smallest absolute Gasteiger partial charge is 0.420 e. The molecule has 0 aromatic rings. The van der Waals surface area contributed by atoms with Gasteiger partial charge in [-0.3, -0.25) is 9.69 Å². The molecule has 20 heavy (non-hydrogen) atoms. The van der Waals surface area contributed by atoms with Gasteiger partial charge in [0, 0.05) is 5.57 Å². The highest BCUT2D eigenvalue weighted by molar-refractivity contribution is 6.08. The molecule has 0 saturated carbocycles. The minimum atomic E-state index is -4.94. The lowest BCUT2D eigenvalue weighted by atomic mass is 10.0. The molecule has 1 saturated heterocycles. The van der Waals surface area contributed by atoms with Gasteiger partial charge in [-0.15, -0.1) is 0 Å². The van der Waals surface area contributed by atoms with Crippen LogP contribution in [0, 0.1) is 0 Å². The van der Waals surface area contributed by atoms with Gasteiger partial charge in [0.15, 0.2) is 0 Å². The number of hydrogen-bond donors (Lipinski definition) is 1. The van der Waals surface area contributed by atoms with Crippen molar-refractivity contribution in [3.05, 3.63) is 12.2 Å². The van der Waals surface area contributed by atoms with Crippen LogP contribution in [0.2, 0.25) is 0 Å². The Bertz CT molecular complexity index is 475. The fourth-order valence-corrected chi connectivity index (χ4v) is 1.52. The van der Waals surface area contributed by atoms with E-state index in [-0.39, 0.29) is 17.1 Å². The van der Waals surface area contributed by atoms with Gasteiger partial charge in [-0.25, -0.2) is 9.59 Å². The van der Waals surface area contributed by atoms with Crippen LogP contribution in [0.25, 0.3) is 0 Å². The Morgan fingerprint density at radius 2 is 2.00 bits per heavy atom. The molecule has 0 spiro atoms. The Balaban J connectivity index is 2.89. The largest absolute Gasteiger partial charge is 0.463 e. The normalized spacial score (nSPS) is 22.8. The van der Waals surface area contributed by atoms with Gasteiger partial charge >= 0.3 is 18.2 Å². The molecule has 0 aromatic heterocycles. The van der Waals surface area contributed by atoms with E-state index in [0.717, 1.165) is 0 Å². The highest BCUT2D eigenvalue weighted by Crippen LogP contribution is 2.35. The number of esters is 1. The van der Waals surface area contributed by atoms with Crippen molar-refractivity contribution in [2.45, 2.75) is 25.6 Å². The summed E-state index contributed by atoms with van der Waals surface area (Å²) in [7, 11) is 0. The minimum Gasteiger partial charge on any atom is -0.463 e. The number of ether oxygens (including phenoxy) is 1. The van der Waals surface area contributed by atoms with Gasteiger partial charge in [0.25, 0.3) is 5.91 Å². The average Bonchev–Trinajstić information content (AvgIpc) is 2.53. The zero-order valence-corrected chi connectivity index (χ0v) is 10.8. The number of imide groups is 1. The number of hydrogen-bond acceptors (Lipinski definition) is 4. The minimum absolute atomic E-state index is 0.0399. The fourth-order valence-electron chi connectivity index (χ4n) is 1.52. The number of carbonyl (C=O) groups excluding carboxylic acids is 3. The SMILES string of the molecule is C=C(CN1C(=O)NC(C)(C(F)(F)F)C1=O)C(=O)OCC. The number of nitrogens with one attached hydrogen (secondary N) is 1. The van der Waals surface area contributed by atoms with Crippen LogP contribution in [0.3, 0.4) is 0 Å². The molecule has 1 N–H and O–H groups in total. The van der Waals surface area contributed by atoms with Gasteiger partial charge in [-0.05, 0) is 13.8 Å². The molecule has 1 fully saturated rings. The first-order chi connectivity index (χ1) is 9.04. The van der Waals surface area contributed by atoms with E-state index in [2.05, 4.69) is 11.3 Å². The van der Waals surface area contributed by atoms with Gasteiger partial charge in [0.05, 0.1) is 13.2 Å². The maximum atomic E-state index is 12.8. The first kappa shape index (κ1) is 16.0. The lowest BCUT2D eigenvalue weighted by molar-refractivity contribution is -0.190. The van der Waals surface area contributed by atoms with Crippen LogP contribution < -0.4 is 5.32 Å². The molecule has 3 amide bonds. The highest BCUT2D eigenvalue weighted by atomic mass is 19.4. The van der Waals surface area contributed by atoms with Crippen LogP contribution in [-0.4, -0.2) is 47.7 Å². The second-order valence-electron chi connectivity index (χ2n) is 4.27. The molecule has 9 heteroatoms. The molecule has 1 unspecified atom stereocenters. The van der Waals surface area contributed by atoms with E-state index < -0.39 is 36.2 Å². The number of halogens is 3. The Morgan fingerprint density at radius 3 is 2.40 bits per heavy atom. The summed E-state index contributed by atoms with van der Waals surface area (Å²) in [5, 5.41) is 1.57. The third kappa shape index (κ3) is 2.61. The first-order valence-corrected chi connectivity index (χ1v) is 5.60. The molecule has 0 bridgehead atoms. The molecule has 0 aromatic carbocycles. The van der Waals surface area contributed by atoms with Crippen LogP contribution in [0.4, 0.5) is 18.0 Å². The van der Waals surface area contributed by atoms with Gasteiger partial charge in [0.1, 0.15) is 0 Å². The number of carbonyl (C=O) groups is 3. The standard InChI is InChI=1S/C11H13F3N2O4/c1-4-20-7(17)6(2)5-16-8(18)10(3,11(12,13)14)15-9(16)19/h2,4-5H2,1,3H3,(H,15,19). The summed E-state index contributed by atoms with van der Waals surface area (Å²) in [5.41, 5.74) is -3.29. The van der Waals surface area contributed by atoms with Gasteiger partial charge in [-0.1, -0.05) is 6.58 Å². The summed E-state index contributed by atoms with van der Waals surface area (Å²) in [6.07, 6.45) is -4.94. The molecule has 1 atom stereocenters. The van der Waals surface area contributed by atoms with Crippen molar-refractivity contribution in [3.63, 3.8) is 0 Å². The first-order valence-electron chi connectivity index (χ1n) is 5.60. The molecular weight excluding hydrogens is 281 g/mol. The number of alkyl halides is 3. The van der Waals surface area contributed by atoms with Gasteiger partial charge < -0.3 is 10.1 Å². The van der Waals surface area contributed by atoms with Crippen molar-refractivity contribution in [1.82, 2.24) is 10.2 Å². The van der Waals surface area contributed by atoms with E-state index in [1.54, 1.807) is 5.32 Å². The third-order valence-electron chi connectivity index (χ3n) is 2.75. The monoisotopic (exact) mass is 294 g/mol. The van der Waals surface area contributed by atoms with Crippen LogP contribution in [0.5, 0.6) is 0 Å². The molecule has 0 aliphatic carbocycles. The Morgan fingerprint density at radius 1 is 1.45 bits per heavy atom. The van der Waals surface area contributed by atoms with E-state index in [1.165, 1.54) is 6.92 Å². The van der Waals surface area contributed by atoms with E-state index in [0.29, 0.717) is 6.92 Å². The third-order valence-corrected chi connectivity index (χ3v) is 2.75. The Labute approximate surface area is 112 Å². The summed E-state index contributed by atoms with van der Waals surface area (Å²) in [6, 6.07) is -1.24. The maximum Gasteiger partial charge on any atom is 0.420 e. The molecule has 112 valence electrons. The quantitative estimate of drug-likeness (QED) is 0.476. The van der Waals surface area contributed by atoms with Gasteiger partial charge in [-0.2, -0.15) is 13.2 Å². The summed E-state index contributed by atoms with van der Waals surface area (Å²) < 4.78 is 42.9. The molecular formula is C11H13F3N2O4. The van der Waals surface area contributed by atoms with Crippen molar-refractivity contribution < 1.29 is 32.3 Å². The molecule has 1 rings (SSSR count). The predicted octanol–water partition coefficient (Wildman–Crippen LogP) is 0.979. The number of nitrogens with zero attached hydrogens (tertiary/aromatic N) is 1. The molecule has 1 heterocycles. The van der Waals surface area contributed by atoms with Gasteiger partial charge in [0.2, 0.25) is 5.54 Å². The van der Waals surface area contributed by atoms with Crippen molar-refractivity contribution in [2.24, 2.45) is 0 Å². The van der Waals surface area contributed by atoms with Crippen molar-refractivity contribution in [2.75, 3.05) is 13.2 Å². The van der Waals surface area contributed by atoms with Crippen LogP contribution in [0.15, 0.2) is 12.2 Å². The fraction of sp³-hybridized carbons (Fsp3) is 0.545. The predicted molar refractivity (Wildman–Crippen MR) is 60.5 cm³/mol. The highest BCUT2D eigenvalue weighted by Gasteiger charge is 2.64. The topological polar surface area (TPSA) is 75.7 Å². The van der Waals surface area contributed by atoms with E-state index in [1.807, 2.05) is 0 Å². The summed E-state index contributed by atoms with van der Waals surface area (Å²) in [5.74, 6) is -2.37. The number of rotatable bonds is 4. The lowest BCUT2D eigenvalue weighted by Crippen LogP contribution is -2.56. The average molecular weight is 294 g/mol. The second-order valence-corrected chi connectivity index (χ2v) is 4.27. The molecule has 0 radical (unpaired) electrons. The van der Waals surface area contributed by atoms with E-state index >= 15 is 0 Å². The zero-order valence-electron chi connectivity index (χ0n) is 10.8. The van der Waals surface area contributed by atoms with E-state index in [4.69, 9.17) is 0 Å². The summed E-state index contributed by atoms with van der Waals surface area (Å²) in [4.78, 5) is 34.8. The number of amides is 3. The van der Waals surface area contributed by atoms with Crippen molar-refractivity contribution in [1.29, 1.82) is 0 Å². The maximum absolute atomic E-state index is 12.8. The van der Waals surface area contributed by atoms with Crippen LogP contribution in [-0.2, 0) is 14.3 Å². The van der Waals surface area contributed by atoms with Crippen molar-refractivity contribution >= 4 is 17.9 Å². The number of urea groups is 1. The molecule has 6 nitrogen and oxygen atoms in total. The molecule has 1 aliphatic heterocycles. The van der Waals surface area contributed by atoms with Crippen molar-refractivity contribution in [3.8, 4) is 0 Å². The molecule has 1 aliphatic rings. The Hall–Kier alpha value is -2.06. The lowest BCUT2D eigenvalue weighted by Gasteiger charge is -2.24. The second kappa shape index (κ2) is 5.14. The van der Waals surface area contributed by atoms with Crippen LogP contribution >= 0.6 is 0 Å². The zero-order chi connectivity index (χ0) is 15.7. The van der Waals surface area contributed by atoms with Crippen LogP contribution in [0.1, 0.15) is 13.8 Å². The summed E-state index contributed by atoms with van der Waals surface area (Å²) >= 11 is 0.